The van der Waals surface area contributed by atoms with Crippen molar-refractivity contribution < 1.29 is 14.7 Å². The summed E-state index contributed by atoms with van der Waals surface area (Å²) in [7, 11) is 0. The maximum Gasteiger partial charge on any atom is 0.326 e. The van der Waals surface area contributed by atoms with Gasteiger partial charge in [-0.15, -0.1) is 0 Å². The third kappa shape index (κ3) is 6.26. The summed E-state index contributed by atoms with van der Waals surface area (Å²) in [4.78, 5) is 23.5. The first-order valence-electron chi connectivity index (χ1n) is 7.71. The fourth-order valence-corrected chi connectivity index (χ4v) is 2.32. The van der Waals surface area contributed by atoms with Crippen LogP contribution < -0.4 is 11.1 Å². The molecule has 1 amide bonds. The monoisotopic (exact) mass is 306 g/mol. The van der Waals surface area contributed by atoms with Crippen molar-refractivity contribution in [2.24, 2.45) is 17.6 Å². The molecule has 22 heavy (non-hydrogen) atoms. The van der Waals surface area contributed by atoms with Crippen molar-refractivity contribution in [3.05, 3.63) is 35.9 Å². The highest BCUT2D eigenvalue weighted by Gasteiger charge is 2.25. The number of benzene rings is 1. The molecule has 0 radical (unpaired) electrons. The highest BCUT2D eigenvalue weighted by molar-refractivity contribution is 5.85. The molecule has 1 unspecified atom stereocenters. The van der Waals surface area contributed by atoms with Gasteiger partial charge in [0.2, 0.25) is 5.91 Å². The lowest BCUT2D eigenvalue weighted by molar-refractivity contribution is -0.143. The van der Waals surface area contributed by atoms with E-state index in [4.69, 9.17) is 5.73 Å². The zero-order valence-electron chi connectivity index (χ0n) is 13.3. The van der Waals surface area contributed by atoms with Crippen molar-refractivity contribution in [3.63, 3.8) is 0 Å². The Balaban J connectivity index is 2.57. The largest absolute Gasteiger partial charge is 0.480 e. The second-order valence-corrected chi connectivity index (χ2v) is 5.99. The van der Waals surface area contributed by atoms with Crippen LogP contribution in [0, 0.1) is 11.8 Å². The maximum absolute atomic E-state index is 12.2. The van der Waals surface area contributed by atoms with E-state index in [0.29, 0.717) is 12.8 Å². The molecule has 4 N–H and O–H groups in total. The van der Waals surface area contributed by atoms with E-state index in [1.807, 2.05) is 44.2 Å². The number of hydrogen-bond donors (Lipinski definition) is 3. The van der Waals surface area contributed by atoms with E-state index >= 15 is 0 Å². The molecule has 0 bridgehead atoms. The summed E-state index contributed by atoms with van der Waals surface area (Å²) >= 11 is 0. The predicted molar refractivity (Wildman–Crippen MR) is 86.3 cm³/mol. The zero-order chi connectivity index (χ0) is 16.5. The van der Waals surface area contributed by atoms with E-state index in [0.717, 1.165) is 12.0 Å². The van der Waals surface area contributed by atoms with Gasteiger partial charge in [-0.25, -0.2) is 4.79 Å². The smallest absolute Gasteiger partial charge is 0.326 e. The Bertz CT molecular complexity index is 474. The molecule has 5 heteroatoms. The second kappa shape index (κ2) is 9.20. The van der Waals surface area contributed by atoms with Crippen LogP contribution >= 0.6 is 0 Å². The van der Waals surface area contributed by atoms with Crippen LogP contribution in [0.15, 0.2) is 30.3 Å². The Kier molecular flexibility index (Phi) is 7.60. The number of carboxylic acid groups (broad SMARTS) is 1. The lowest BCUT2D eigenvalue weighted by Crippen LogP contribution is -2.46. The van der Waals surface area contributed by atoms with Gasteiger partial charge in [-0.2, -0.15) is 0 Å². The van der Waals surface area contributed by atoms with Crippen LogP contribution in [0.1, 0.15) is 32.3 Å². The number of aliphatic carboxylic acids is 1. The van der Waals surface area contributed by atoms with Crippen molar-refractivity contribution in [1.29, 1.82) is 0 Å². The van der Waals surface area contributed by atoms with E-state index < -0.39 is 12.0 Å². The molecule has 0 saturated heterocycles. The van der Waals surface area contributed by atoms with E-state index in [2.05, 4.69) is 5.32 Å². The molecule has 0 spiro atoms. The molecule has 1 aromatic rings. The molecule has 2 atom stereocenters. The van der Waals surface area contributed by atoms with Gasteiger partial charge < -0.3 is 16.2 Å². The number of amides is 1. The van der Waals surface area contributed by atoms with E-state index in [1.165, 1.54) is 0 Å². The van der Waals surface area contributed by atoms with Gasteiger partial charge in [0, 0.05) is 6.54 Å². The number of aryl methyl sites for hydroxylation is 1. The minimum absolute atomic E-state index is 0.196. The molecule has 5 nitrogen and oxygen atoms in total. The van der Waals surface area contributed by atoms with Crippen LogP contribution in [0.2, 0.25) is 0 Å². The summed E-state index contributed by atoms with van der Waals surface area (Å²) in [5.74, 6) is -1.44. The summed E-state index contributed by atoms with van der Waals surface area (Å²) < 4.78 is 0. The third-order valence-corrected chi connectivity index (χ3v) is 3.60. The van der Waals surface area contributed by atoms with Gasteiger partial charge in [-0.05, 0) is 30.7 Å². The van der Waals surface area contributed by atoms with E-state index in [9.17, 15) is 14.7 Å². The highest BCUT2D eigenvalue weighted by atomic mass is 16.4. The average Bonchev–Trinajstić information content (AvgIpc) is 2.47. The first-order valence-corrected chi connectivity index (χ1v) is 7.71. The number of nitrogens with one attached hydrogen (secondary N) is 1. The number of carbonyl (C=O) groups excluding carboxylic acids is 1. The first-order chi connectivity index (χ1) is 10.4. The van der Waals surface area contributed by atoms with E-state index in [-0.39, 0.29) is 24.3 Å². The number of hydrogen-bond acceptors (Lipinski definition) is 3. The highest BCUT2D eigenvalue weighted by Crippen LogP contribution is 2.11. The van der Waals surface area contributed by atoms with Gasteiger partial charge in [0.25, 0.3) is 0 Å². The minimum Gasteiger partial charge on any atom is -0.480 e. The number of nitrogens with two attached hydrogens (primary N) is 1. The van der Waals surface area contributed by atoms with Gasteiger partial charge in [0.15, 0.2) is 0 Å². The molecule has 0 aliphatic heterocycles. The predicted octanol–water partition coefficient (Wildman–Crippen LogP) is 1.81. The molecular weight excluding hydrogens is 280 g/mol. The summed E-state index contributed by atoms with van der Waals surface area (Å²) in [6.45, 7) is 4.07. The molecular formula is C17H26N2O3. The SMILES string of the molecule is CC(C)C[C@H](NC(=O)C(CN)CCc1ccccc1)C(=O)O. The lowest BCUT2D eigenvalue weighted by atomic mass is 9.97. The summed E-state index contributed by atoms with van der Waals surface area (Å²) in [5, 5.41) is 11.8. The third-order valence-electron chi connectivity index (χ3n) is 3.60. The molecule has 0 heterocycles. The molecule has 0 aromatic heterocycles. The average molecular weight is 306 g/mol. The molecule has 0 fully saturated rings. The minimum atomic E-state index is -0.999. The number of carboxylic acids is 1. The normalized spacial score (nSPS) is 13.6. The molecule has 1 aromatic carbocycles. The topological polar surface area (TPSA) is 92.4 Å². The van der Waals surface area contributed by atoms with Gasteiger partial charge in [0.1, 0.15) is 6.04 Å². The molecule has 1 rings (SSSR count). The Hall–Kier alpha value is -1.88. The number of rotatable bonds is 9. The Morgan fingerprint density at radius 2 is 1.86 bits per heavy atom. The van der Waals surface area contributed by atoms with Crippen molar-refractivity contribution in [1.82, 2.24) is 5.32 Å². The fraction of sp³-hybridized carbons (Fsp3) is 0.529. The van der Waals surface area contributed by atoms with Crippen LogP contribution in [0.5, 0.6) is 0 Å². The summed E-state index contributed by atoms with van der Waals surface area (Å²) in [6.07, 6.45) is 1.77. The standard InChI is InChI=1S/C17H26N2O3/c1-12(2)10-15(17(21)22)19-16(20)14(11-18)9-8-13-6-4-3-5-7-13/h3-7,12,14-15H,8-11,18H2,1-2H3,(H,19,20)(H,21,22)/t14?,15-/m0/s1. The fourth-order valence-electron chi connectivity index (χ4n) is 2.32. The Morgan fingerprint density at radius 1 is 1.23 bits per heavy atom. The Labute approximate surface area is 131 Å². The van der Waals surface area contributed by atoms with Crippen LogP contribution in [-0.2, 0) is 16.0 Å². The Morgan fingerprint density at radius 3 is 2.36 bits per heavy atom. The first kappa shape index (κ1) is 18.2. The summed E-state index contributed by atoms with van der Waals surface area (Å²) in [5.41, 5.74) is 6.83. The lowest BCUT2D eigenvalue weighted by Gasteiger charge is -2.20. The maximum atomic E-state index is 12.2. The van der Waals surface area contributed by atoms with Crippen molar-refractivity contribution in [2.75, 3.05) is 6.54 Å². The second-order valence-electron chi connectivity index (χ2n) is 5.99. The van der Waals surface area contributed by atoms with E-state index in [1.54, 1.807) is 0 Å². The van der Waals surface area contributed by atoms with Crippen molar-refractivity contribution in [2.45, 2.75) is 39.2 Å². The van der Waals surface area contributed by atoms with Gasteiger partial charge >= 0.3 is 5.97 Å². The van der Waals surface area contributed by atoms with Gasteiger partial charge in [-0.1, -0.05) is 44.2 Å². The van der Waals surface area contributed by atoms with Crippen LogP contribution in [0.3, 0.4) is 0 Å². The quantitative estimate of drug-likeness (QED) is 0.649. The van der Waals surface area contributed by atoms with Gasteiger partial charge in [0.05, 0.1) is 5.92 Å². The van der Waals surface area contributed by atoms with Crippen molar-refractivity contribution in [3.8, 4) is 0 Å². The zero-order valence-corrected chi connectivity index (χ0v) is 13.3. The van der Waals surface area contributed by atoms with Crippen LogP contribution in [0.25, 0.3) is 0 Å². The molecule has 0 aliphatic rings. The molecule has 122 valence electrons. The number of carbonyl (C=O) groups is 2. The molecule has 0 saturated carbocycles. The van der Waals surface area contributed by atoms with Crippen LogP contribution in [0.4, 0.5) is 0 Å². The molecule has 0 aliphatic carbocycles. The van der Waals surface area contributed by atoms with Gasteiger partial charge in [-0.3, -0.25) is 4.79 Å². The van der Waals surface area contributed by atoms with Crippen LogP contribution in [-0.4, -0.2) is 29.6 Å². The van der Waals surface area contributed by atoms with Crippen molar-refractivity contribution >= 4 is 11.9 Å². The summed E-state index contributed by atoms with van der Waals surface area (Å²) in [6, 6.07) is 9.01.